The van der Waals surface area contributed by atoms with E-state index in [9.17, 15) is 8.42 Å². The van der Waals surface area contributed by atoms with E-state index in [4.69, 9.17) is 16.3 Å². The molecule has 1 aliphatic heterocycles. The minimum Gasteiger partial charge on any atom is -0.495 e. The molecule has 1 aromatic carbocycles. The molecule has 1 aliphatic rings. The molecule has 11 heteroatoms. The Bertz CT molecular complexity index is 1400. The number of rotatable bonds is 9. The summed E-state index contributed by atoms with van der Waals surface area (Å²) in [6.45, 7) is 9.72. The van der Waals surface area contributed by atoms with E-state index in [1.54, 1.807) is 32.4 Å². The van der Waals surface area contributed by atoms with Crippen molar-refractivity contribution in [2.75, 3.05) is 30.8 Å². The first kappa shape index (κ1) is 27.4. The van der Waals surface area contributed by atoms with Crippen LogP contribution in [0.3, 0.4) is 0 Å². The van der Waals surface area contributed by atoms with Gasteiger partial charge >= 0.3 is 0 Å². The fourth-order valence-electron chi connectivity index (χ4n) is 4.00. The number of anilines is 4. The number of methoxy groups -OCH3 is 1. The number of sulfone groups is 1. The van der Waals surface area contributed by atoms with Crippen molar-refractivity contribution in [2.24, 2.45) is 0 Å². The minimum absolute atomic E-state index is 0.248. The van der Waals surface area contributed by atoms with Crippen LogP contribution < -0.4 is 15.4 Å². The fourth-order valence-corrected chi connectivity index (χ4v) is 6.84. The van der Waals surface area contributed by atoms with Crippen molar-refractivity contribution < 1.29 is 13.2 Å². The number of halogens is 1. The summed E-state index contributed by atoms with van der Waals surface area (Å²) in [4.78, 5) is 11.2. The zero-order chi connectivity index (χ0) is 26.7. The van der Waals surface area contributed by atoms with Crippen molar-refractivity contribution in [2.45, 2.75) is 49.6 Å². The molecule has 37 heavy (non-hydrogen) atoms. The summed E-state index contributed by atoms with van der Waals surface area (Å²) in [5, 5.41) is 7.71. The third kappa shape index (κ3) is 6.09. The normalized spacial score (nSPS) is 14.6. The van der Waals surface area contributed by atoms with Crippen LogP contribution in [0.4, 0.5) is 23.1 Å². The highest BCUT2D eigenvalue weighted by Gasteiger charge is 2.25. The van der Waals surface area contributed by atoms with Gasteiger partial charge in [-0.1, -0.05) is 23.7 Å². The summed E-state index contributed by atoms with van der Waals surface area (Å²) < 4.78 is 31.4. The van der Waals surface area contributed by atoms with E-state index in [1.165, 1.54) is 11.8 Å². The van der Waals surface area contributed by atoms with Gasteiger partial charge in [-0.3, -0.25) is 4.90 Å². The molecule has 2 aromatic heterocycles. The molecule has 0 amide bonds. The maximum Gasteiger partial charge on any atom is 0.229 e. The highest BCUT2D eigenvalue weighted by molar-refractivity contribution is 7.94. The average Bonchev–Trinajstić information content (AvgIpc) is 3.35. The van der Waals surface area contributed by atoms with Crippen molar-refractivity contribution in [1.82, 2.24) is 14.9 Å². The first-order chi connectivity index (χ1) is 17.6. The Morgan fingerprint density at radius 2 is 1.92 bits per heavy atom. The highest BCUT2D eigenvalue weighted by Crippen LogP contribution is 2.36. The topological polar surface area (TPSA) is 96.5 Å². The quantitative estimate of drug-likeness (QED) is 0.311. The zero-order valence-corrected chi connectivity index (χ0v) is 24.0. The van der Waals surface area contributed by atoms with Crippen LogP contribution in [0.2, 0.25) is 5.02 Å². The lowest BCUT2D eigenvalue weighted by molar-refractivity contribution is 0.245. The second-order valence-electron chi connectivity index (χ2n) is 9.34. The van der Waals surface area contributed by atoms with Gasteiger partial charge in [0, 0.05) is 19.1 Å². The lowest BCUT2D eigenvalue weighted by Crippen LogP contribution is -2.34. The molecule has 3 aromatic rings. The number of hydrogen-bond acceptors (Lipinski definition) is 9. The van der Waals surface area contributed by atoms with Gasteiger partial charge in [-0.2, -0.15) is 4.98 Å². The van der Waals surface area contributed by atoms with Gasteiger partial charge in [0.25, 0.3) is 0 Å². The van der Waals surface area contributed by atoms with Crippen molar-refractivity contribution in [3.05, 3.63) is 52.5 Å². The van der Waals surface area contributed by atoms with E-state index in [0.29, 0.717) is 34.9 Å². The second-order valence-corrected chi connectivity index (χ2v) is 13.4. The Kier molecular flexibility index (Phi) is 8.42. The largest absolute Gasteiger partial charge is 0.495 e. The number of thiophene rings is 1. The molecule has 0 saturated carbocycles. The van der Waals surface area contributed by atoms with E-state index in [1.807, 2.05) is 12.1 Å². The van der Waals surface area contributed by atoms with Crippen molar-refractivity contribution >= 4 is 61.5 Å². The van der Waals surface area contributed by atoms with Gasteiger partial charge < -0.3 is 15.4 Å². The summed E-state index contributed by atoms with van der Waals surface area (Å²) in [6.07, 6.45) is 4.74. The number of nitrogens with zero attached hydrogens (tertiary/aromatic N) is 3. The van der Waals surface area contributed by atoms with Crippen molar-refractivity contribution in [3.8, 4) is 5.75 Å². The number of nitrogens with one attached hydrogen (secondary N) is 2. The van der Waals surface area contributed by atoms with Gasteiger partial charge in [-0.25, -0.2) is 13.4 Å². The summed E-state index contributed by atoms with van der Waals surface area (Å²) in [5.74, 6) is 1.27. The zero-order valence-electron chi connectivity index (χ0n) is 21.6. The Labute approximate surface area is 227 Å². The van der Waals surface area contributed by atoms with Crippen LogP contribution in [0.1, 0.15) is 39.7 Å². The van der Waals surface area contributed by atoms with E-state index in [0.717, 1.165) is 36.4 Å². The predicted octanol–water partition coefficient (Wildman–Crippen LogP) is 6.37. The first-order valence-corrected chi connectivity index (χ1v) is 14.9. The molecule has 0 fully saturated rings. The molecule has 0 spiro atoms. The molecule has 2 N–H and O–H groups in total. The van der Waals surface area contributed by atoms with Gasteiger partial charge in [0.05, 0.1) is 29.9 Å². The molecule has 0 unspecified atom stereocenters. The van der Waals surface area contributed by atoms with E-state index in [-0.39, 0.29) is 9.23 Å². The number of aromatic nitrogens is 2. The van der Waals surface area contributed by atoms with E-state index >= 15 is 0 Å². The lowest BCUT2D eigenvalue weighted by atomic mass is 9.98. The Morgan fingerprint density at radius 1 is 1.14 bits per heavy atom. The monoisotopic (exact) mass is 561 g/mol. The SMILES string of the molecule is COc1cc(C2=CCN(C(C)C)CC2)ccc1Nc1ncc(Cl)c(Nc2ccsc2S(=O)(=O)C(C)C)n1. The molecule has 3 heterocycles. The molecule has 198 valence electrons. The molecular formula is C26H32ClN5O3S2. The third-order valence-corrected chi connectivity index (χ3v) is 10.2. The van der Waals surface area contributed by atoms with Gasteiger partial charge in [0.15, 0.2) is 15.7 Å². The Balaban J connectivity index is 1.56. The van der Waals surface area contributed by atoms with Crippen LogP contribution in [0.5, 0.6) is 5.75 Å². The molecule has 0 aliphatic carbocycles. The van der Waals surface area contributed by atoms with Crippen LogP contribution in [0, 0.1) is 0 Å². The highest BCUT2D eigenvalue weighted by atomic mass is 35.5. The van der Waals surface area contributed by atoms with Crippen LogP contribution in [0.15, 0.2) is 46.1 Å². The van der Waals surface area contributed by atoms with Crippen molar-refractivity contribution in [3.63, 3.8) is 0 Å². The van der Waals surface area contributed by atoms with Crippen LogP contribution >= 0.6 is 22.9 Å². The smallest absolute Gasteiger partial charge is 0.229 e. The standard InChI is InChI=1S/C26H32ClN5O3S2/c1-16(2)32-11-8-18(9-12-32)19-6-7-21(23(14-19)35-5)30-26-28-15-20(27)24(31-26)29-22-10-13-36-25(22)37(33,34)17(3)4/h6-8,10,13-17H,9,11-12H2,1-5H3,(H2,28,29,30,31). The Morgan fingerprint density at radius 3 is 2.57 bits per heavy atom. The Hall–Kier alpha value is -2.66. The summed E-state index contributed by atoms with van der Waals surface area (Å²) in [7, 11) is -1.83. The fraction of sp³-hybridized carbons (Fsp3) is 0.385. The molecule has 4 rings (SSSR count). The van der Waals surface area contributed by atoms with Gasteiger partial charge in [-0.15, -0.1) is 11.3 Å². The van der Waals surface area contributed by atoms with Gasteiger partial charge in [-0.05, 0) is 68.8 Å². The summed E-state index contributed by atoms with van der Waals surface area (Å²) in [6, 6.07) is 8.26. The molecule has 0 saturated heterocycles. The molecule has 0 atom stereocenters. The molecule has 8 nitrogen and oxygen atoms in total. The summed E-state index contributed by atoms with van der Waals surface area (Å²) >= 11 is 7.50. The molecule has 0 radical (unpaired) electrons. The second kappa shape index (κ2) is 11.4. The predicted molar refractivity (Wildman–Crippen MR) is 153 cm³/mol. The summed E-state index contributed by atoms with van der Waals surface area (Å²) in [5.41, 5.74) is 3.57. The maximum atomic E-state index is 12.7. The van der Waals surface area contributed by atoms with Gasteiger partial charge in [0.1, 0.15) is 15.0 Å². The maximum absolute atomic E-state index is 12.7. The van der Waals surface area contributed by atoms with E-state index < -0.39 is 15.1 Å². The first-order valence-electron chi connectivity index (χ1n) is 12.1. The number of benzene rings is 1. The molecular weight excluding hydrogens is 530 g/mol. The number of hydrogen-bond donors (Lipinski definition) is 2. The van der Waals surface area contributed by atoms with Crippen LogP contribution in [-0.2, 0) is 9.84 Å². The lowest BCUT2D eigenvalue weighted by Gasteiger charge is -2.29. The van der Waals surface area contributed by atoms with E-state index in [2.05, 4.69) is 51.5 Å². The average molecular weight is 562 g/mol. The molecule has 0 bridgehead atoms. The number of ether oxygens (including phenoxy) is 1. The minimum atomic E-state index is -3.46. The van der Waals surface area contributed by atoms with Crippen LogP contribution in [-0.4, -0.2) is 54.8 Å². The van der Waals surface area contributed by atoms with Gasteiger partial charge in [0.2, 0.25) is 5.95 Å². The third-order valence-electron chi connectivity index (χ3n) is 6.30. The van der Waals surface area contributed by atoms with Crippen LogP contribution in [0.25, 0.3) is 5.57 Å². The van der Waals surface area contributed by atoms with Crippen molar-refractivity contribution in [1.29, 1.82) is 0 Å².